The van der Waals surface area contributed by atoms with Crippen LogP contribution in [0.1, 0.15) is 49.4 Å². The molecule has 1 saturated carbocycles. The molecule has 5 heteroatoms. The standard InChI is InChI=1S/C15H21ClN2O2/c1-9-3-2-4-11(6-5-9)18-14-12(15(19)20)7-10(17)8-13(14)16/h7-9,11,18H,2-6,17H2,1H3,(H,19,20). The zero-order valence-electron chi connectivity index (χ0n) is 11.7. The van der Waals surface area contributed by atoms with Gasteiger partial charge < -0.3 is 16.2 Å². The highest BCUT2D eigenvalue weighted by molar-refractivity contribution is 6.34. The fourth-order valence-electron chi connectivity index (χ4n) is 2.78. The molecule has 1 aliphatic carbocycles. The number of aromatic carboxylic acids is 1. The fourth-order valence-corrected chi connectivity index (χ4v) is 3.06. The molecule has 2 rings (SSSR count). The van der Waals surface area contributed by atoms with Crippen molar-refractivity contribution in [2.45, 2.75) is 45.1 Å². The minimum atomic E-state index is -1.01. The average Bonchev–Trinajstić information content (AvgIpc) is 2.57. The summed E-state index contributed by atoms with van der Waals surface area (Å²) in [4.78, 5) is 11.3. The summed E-state index contributed by atoms with van der Waals surface area (Å²) in [6.07, 6.45) is 5.64. The molecule has 20 heavy (non-hydrogen) atoms. The molecule has 0 saturated heterocycles. The molecular formula is C15H21ClN2O2. The Morgan fingerprint density at radius 1 is 1.35 bits per heavy atom. The molecular weight excluding hydrogens is 276 g/mol. The summed E-state index contributed by atoms with van der Waals surface area (Å²) in [5, 5.41) is 13.0. The molecule has 4 nitrogen and oxygen atoms in total. The SMILES string of the molecule is CC1CCCC(Nc2c(Cl)cc(N)cc2C(=O)O)CC1. The number of hydrogen-bond acceptors (Lipinski definition) is 3. The van der Waals surface area contributed by atoms with Gasteiger partial charge in [-0.15, -0.1) is 0 Å². The number of hydrogen-bond donors (Lipinski definition) is 3. The van der Waals surface area contributed by atoms with Crippen molar-refractivity contribution in [2.24, 2.45) is 5.92 Å². The number of nitrogen functional groups attached to an aromatic ring is 1. The van der Waals surface area contributed by atoms with Crippen molar-refractivity contribution in [2.75, 3.05) is 11.1 Å². The Morgan fingerprint density at radius 3 is 2.80 bits per heavy atom. The number of carboxylic acid groups (broad SMARTS) is 1. The third-order valence-electron chi connectivity index (χ3n) is 3.95. The van der Waals surface area contributed by atoms with Gasteiger partial charge in [-0.25, -0.2) is 4.79 Å². The summed E-state index contributed by atoms with van der Waals surface area (Å²) in [7, 11) is 0. The van der Waals surface area contributed by atoms with E-state index in [-0.39, 0.29) is 11.6 Å². The number of nitrogens with two attached hydrogens (primary N) is 1. The Bertz CT molecular complexity index is 505. The van der Waals surface area contributed by atoms with E-state index in [0.717, 1.165) is 31.6 Å². The average molecular weight is 297 g/mol. The lowest BCUT2D eigenvalue weighted by Crippen LogP contribution is -2.20. The highest BCUT2D eigenvalue weighted by Crippen LogP contribution is 2.32. The van der Waals surface area contributed by atoms with Gasteiger partial charge in [0.05, 0.1) is 16.3 Å². The molecule has 1 aromatic carbocycles. The molecule has 1 aromatic rings. The molecule has 0 aromatic heterocycles. The molecule has 0 radical (unpaired) electrons. The van der Waals surface area contributed by atoms with Crippen LogP contribution in [0.5, 0.6) is 0 Å². The van der Waals surface area contributed by atoms with Crippen molar-refractivity contribution in [3.05, 3.63) is 22.7 Å². The minimum absolute atomic E-state index is 0.146. The Kier molecular flexibility index (Phi) is 4.76. The van der Waals surface area contributed by atoms with Gasteiger partial charge in [-0.05, 0) is 37.3 Å². The van der Waals surface area contributed by atoms with E-state index >= 15 is 0 Å². The van der Waals surface area contributed by atoms with E-state index in [1.165, 1.54) is 12.5 Å². The number of carboxylic acids is 1. The van der Waals surface area contributed by atoms with Crippen molar-refractivity contribution < 1.29 is 9.90 Å². The summed E-state index contributed by atoms with van der Waals surface area (Å²) >= 11 is 6.16. The molecule has 0 heterocycles. The zero-order chi connectivity index (χ0) is 14.7. The van der Waals surface area contributed by atoms with Crippen LogP contribution in [0.4, 0.5) is 11.4 Å². The predicted molar refractivity (Wildman–Crippen MR) is 82.5 cm³/mol. The van der Waals surface area contributed by atoms with E-state index in [4.69, 9.17) is 17.3 Å². The maximum Gasteiger partial charge on any atom is 0.337 e. The van der Waals surface area contributed by atoms with Crippen LogP contribution < -0.4 is 11.1 Å². The molecule has 0 amide bonds. The number of nitrogens with one attached hydrogen (secondary N) is 1. The van der Waals surface area contributed by atoms with Gasteiger partial charge in [0.25, 0.3) is 0 Å². The Hall–Kier alpha value is -1.42. The summed E-state index contributed by atoms with van der Waals surface area (Å²) in [5.74, 6) is -0.272. The van der Waals surface area contributed by atoms with E-state index < -0.39 is 5.97 Å². The van der Waals surface area contributed by atoms with Crippen molar-refractivity contribution in [3.8, 4) is 0 Å². The summed E-state index contributed by atoms with van der Waals surface area (Å²) in [6.45, 7) is 2.27. The largest absolute Gasteiger partial charge is 0.478 e. The van der Waals surface area contributed by atoms with Crippen molar-refractivity contribution in [1.82, 2.24) is 0 Å². The first-order valence-electron chi connectivity index (χ1n) is 7.06. The first kappa shape index (κ1) is 15.0. The fraction of sp³-hybridized carbons (Fsp3) is 0.533. The lowest BCUT2D eigenvalue weighted by atomic mass is 10.0. The van der Waals surface area contributed by atoms with Gasteiger partial charge in [-0.2, -0.15) is 0 Å². The van der Waals surface area contributed by atoms with Crippen LogP contribution in [0, 0.1) is 5.92 Å². The monoisotopic (exact) mass is 296 g/mol. The van der Waals surface area contributed by atoms with Gasteiger partial charge in [0.2, 0.25) is 0 Å². The second-order valence-electron chi connectivity index (χ2n) is 5.69. The van der Waals surface area contributed by atoms with Crippen molar-refractivity contribution in [3.63, 3.8) is 0 Å². The number of rotatable bonds is 3. The van der Waals surface area contributed by atoms with E-state index in [9.17, 15) is 9.90 Å². The van der Waals surface area contributed by atoms with E-state index in [1.54, 1.807) is 6.07 Å². The molecule has 4 N–H and O–H groups in total. The van der Waals surface area contributed by atoms with Crippen LogP contribution in [0.3, 0.4) is 0 Å². The smallest absolute Gasteiger partial charge is 0.337 e. The van der Waals surface area contributed by atoms with E-state index in [2.05, 4.69) is 12.2 Å². The molecule has 2 atom stereocenters. The third kappa shape index (κ3) is 3.57. The lowest BCUT2D eigenvalue weighted by Gasteiger charge is -2.20. The second-order valence-corrected chi connectivity index (χ2v) is 6.09. The topological polar surface area (TPSA) is 75.3 Å². The van der Waals surface area contributed by atoms with Gasteiger partial charge >= 0.3 is 5.97 Å². The van der Waals surface area contributed by atoms with Gasteiger partial charge in [-0.3, -0.25) is 0 Å². The van der Waals surface area contributed by atoms with Crippen LogP contribution in [-0.2, 0) is 0 Å². The van der Waals surface area contributed by atoms with Gasteiger partial charge in [0.1, 0.15) is 0 Å². The lowest BCUT2D eigenvalue weighted by molar-refractivity contribution is 0.0698. The zero-order valence-corrected chi connectivity index (χ0v) is 12.4. The molecule has 1 aliphatic rings. The normalized spacial score (nSPS) is 23.1. The second kappa shape index (κ2) is 6.35. The van der Waals surface area contributed by atoms with Crippen molar-refractivity contribution >= 4 is 28.9 Å². The summed E-state index contributed by atoms with van der Waals surface area (Å²) < 4.78 is 0. The number of anilines is 2. The van der Waals surface area contributed by atoms with E-state index in [1.807, 2.05) is 0 Å². The van der Waals surface area contributed by atoms with Crippen LogP contribution in [0.25, 0.3) is 0 Å². The predicted octanol–water partition coefficient (Wildman–Crippen LogP) is 4.00. The van der Waals surface area contributed by atoms with Crippen LogP contribution in [0.2, 0.25) is 5.02 Å². The molecule has 2 unspecified atom stereocenters. The number of halogens is 1. The molecule has 0 bridgehead atoms. The summed E-state index contributed by atoms with van der Waals surface area (Å²) in [5.41, 5.74) is 6.67. The molecule has 0 aliphatic heterocycles. The first-order chi connectivity index (χ1) is 9.47. The van der Waals surface area contributed by atoms with E-state index in [0.29, 0.717) is 16.4 Å². The minimum Gasteiger partial charge on any atom is -0.478 e. The Labute approximate surface area is 124 Å². The van der Waals surface area contributed by atoms with Gasteiger partial charge in [0.15, 0.2) is 0 Å². The number of carbonyl (C=O) groups is 1. The molecule has 110 valence electrons. The number of benzene rings is 1. The third-order valence-corrected chi connectivity index (χ3v) is 4.25. The Morgan fingerprint density at radius 2 is 2.10 bits per heavy atom. The first-order valence-corrected chi connectivity index (χ1v) is 7.44. The quantitative estimate of drug-likeness (QED) is 0.582. The highest BCUT2D eigenvalue weighted by atomic mass is 35.5. The molecule has 0 spiro atoms. The van der Waals surface area contributed by atoms with Crippen molar-refractivity contribution in [1.29, 1.82) is 0 Å². The Balaban J connectivity index is 2.22. The maximum absolute atomic E-state index is 11.3. The molecule has 1 fully saturated rings. The van der Waals surface area contributed by atoms with Crippen LogP contribution >= 0.6 is 11.6 Å². The maximum atomic E-state index is 11.3. The summed E-state index contributed by atoms with van der Waals surface area (Å²) in [6, 6.07) is 3.32. The highest BCUT2D eigenvalue weighted by Gasteiger charge is 2.20. The van der Waals surface area contributed by atoms with Gasteiger partial charge in [-0.1, -0.05) is 31.4 Å². The van der Waals surface area contributed by atoms with Crippen LogP contribution in [0.15, 0.2) is 12.1 Å². The van der Waals surface area contributed by atoms with Crippen LogP contribution in [-0.4, -0.2) is 17.1 Å². The van der Waals surface area contributed by atoms with Gasteiger partial charge in [0, 0.05) is 11.7 Å².